The number of fused-ring (bicyclic) bond motifs is 1. The molecule has 3 rings (SSSR count). The molecule has 0 saturated carbocycles. The van der Waals surface area contributed by atoms with Gasteiger partial charge in [-0.3, -0.25) is 0 Å². The summed E-state index contributed by atoms with van der Waals surface area (Å²) in [5, 5.41) is 0. The standard InChI is InChI=1S/C18H16O2S/c1-19-15-9-8-14-10-16(20-2)12-17(21-18(14)11-15)13-6-4-3-5-7-13/h3-12H,1-2H3. The maximum Gasteiger partial charge on any atom is 0.120 e. The first-order valence-corrected chi connectivity index (χ1v) is 7.50. The van der Waals surface area contributed by atoms with Gasteiger partial charge >= 0.3 is 0 Å². The van der Waals surface area contributed by atoms with Gasteiger partial charge in [0.2, 0.25) is 0 Å². The lowest BCUT2D eigenvalue weighted by molar-refractivity contribution is 0.311. The zero-order valence-corrected chi connectivity index (χ0v) is 12.8. The summed E-state index contributed by atoms with van der Waals surface area (Å²) in [6, 6.07) is 16.4. The number of benzene rings is 2. The fourth-order valence-corrected chi connectivity index (χ4v) is 3.27. The van der Waals surface area contributed by atoms with Gasteiger partial charge < -0.3 is 9.47 Å². The summed E-state index contributed by atoms with van der Waals surface area (Å²) in [7, 11) is 3.39. The van der Waals surface area contributed by atoms with E-state index in [1.165, 1.54) is 5.56 Å². The molecule has 0 aliphatic carbocycles. The Morgan fingerprint density at radius 1 is 0.857 bits per heavy atom. The van der Waals surface area contributed by atoms with Crippen LogP contribution in [0.5, 0.6) is 5.75 Å². The van der Waals surface area contributed by atoms with E-state index in [9.17, 15) is 0 Å². The predicted octanol–water partition coefficient (Wildman–Crippen LogP) is 4.83. The van der Waals surface area contributed by atoms with Crippen LogP contribution in [0.15, 0.2) is 65.3 Å². The molecule has 1 aliphatic rings. The van der Waals surface area contributed by atoms with E-state index >= 15 is 0 Å². The van der Waals surface area contributed by atoms with Crippen molar-refractivity contribution in [2.75, 3.05) is 14.2 Å². The van der Waals surface area contributed by atoms with Gasteiger partial charge in [0.05, 0.1) is 14.2 Å². The third kappa shape index (κ3) is 2.98. The molecule has 2 aromatic carbocycles. The van der Waals surface area contributed by atoms with Crippen molar-refractivity contribution in [3.8, 4) is 5.75 Å². The predicted molar refractivity (Wildman–Crippen MR) is 88.3 cm³/mol. The number of allylic oxidation sites excluding steroid dienone is 1. The summed E-state index contributed by atoms with van der Waals surface area (Å²) < 4.78 is 10.8. The van der Waals surface area contributed by atoms with Crippen molar-refractivity contribution in [1.29, 1.82) is 0 Å². The molecule has 1 heterocycles. The van der Waals surface area contributed by atoms with Crippen LogP contribution in [0.25, 0.3) is 11.0 Å². The van der Waals surface area contributed by atoms with Crippen LogP contribution in [0.2, 0.25) is 0 Å². The molecule has 2 aromatic rings. The Labute approximate surface area is 129 Å². The van der Waals surface area contributed by atoms with Crippen LogP contribution in [0.4, 0.5) is 0 Å². The summed E-state index contributed by atoms with van der Waals surface area (Å²) in [5.74, 6) is 1.72. The zero-order chi connectivity index (χ0) is 14.7. The fourth-order valence-electron chi connectivity index (χ4n) is 2.18. The molecule has 0 saturated heterocycles. The van der Waals surface area contributed by atoms with E-state index in [-0.39, 0.29) is 0 Å². The molecule has 0 aromatic heterocycles. The van der Waals surface area contributed by atoms with E-state index in [2.05, 4.69) is 36.4 Å². The van der Waals surface area contributed by atoms with E-state index in [1.807, 2.05) is 24.3 Å². The van der Waals surface area contributed by atoms with Crippen molar-refractivity contribution in [2.45, 2.75) is 4.90 Å². The smallest absolute Gasteiger partial charge is 0.120 e. The summed E-state index contributed by atoms with van der Waals surface area (Å²) in [5.41, 5.74) is 2.32. The van der Waals surface area contributed by atoms with Crippen LogP contribution in [-0.4, -0.2) is 14.2 Å². The van der Waals surface area contributed by atoms with E-state index in [4.69, 9.17) is 9.47 Å². The summed E-state index contributed by atoms with van der Waals surface area (Å²) in [6.45, 7) is 0. The van der Waals surface area contributed by atoms with E-state index < -0.39 is 0 Å². The van der Waals surface area contributed by atoms with Gasteiger partial charge in [0.25, 0.3) is 0 Å². The van der Waals surface area contributed by atoms with Gasteiger partial charge in [-0.25, -0.2) is 0 Å². The van der Waals surface area contributed by atoms with Crippen LogP contribution in [0, 0.1) is 0 Å². The van der Waals surface area contributed by atoms with Gasteiger partial charge in [-0.1, -0.05) is 48.2 Å². The minimum Gasteiger partial charge on any atom is -0.497 e. The Balaban J connectivity index is 2.08. The summed E-state index contributed by atoms with van der Waals surface area (Å²) >= 11 is 1.73. The average Bonchev–Trinajstić information content (AvgIpc) is 2.74. The van der Waals surface area contributed by atoms with Crippen LogP contribution in [-0.2, 0) is 4.74 Å². The Hall–Kier alpha value is -2.13. The molecular formula is C18H16O2S. The molecule has 3 heteroatoms. The molecule has 0 bridgehead atoms. The minimum atomic E-state index is 0.852. The highest BCUT2D eigenvalue weighted by Gasteiger charge is 2.14. The fraction of sp³-hybridized carbons (Fsp3) is 0.111. The molecule has 0 unspecified atom stereocenters. The third-order valence-electron chi connectivity index (χ3n) is 3.31. The van der Waals surface area contributed by atoms with Crippen molar-refractivity contribution in [2.24, 2.45) is 0 Å². The van der Waals surface area contributed by atoms with Gasteiger partial charge in [-0.15, -0.1) is 0 Å². The Kier molecular flexibility index (Phi) is 4.02. The summed E-state index contributed by atoms with van der Waals surface area (Å²) in [6.07, 6.45) is 4.13. The molecule has 0 N–H and O–H groups in total. The van der Waals surface area contributed by atoms with Crippen LogP contribution < -0.4 is 4.74 Å². The highest BCUT2D eigenvalue weighted by Crippen LogP contribution is 2.41. The molecule has 2 nitrogen and oxygen atoms in total. The zero-order valence-electron chi connectivity index (χ0n) is 12.0. The third-order valence-corrected chi connectivity index (χ3v) is 4.45. The quantitative estimate of drug-likeness (QED) is 0.808. The Bertz CT molecular complexity index is 702. The maximum absolute atomic E-state index is 5.48. The minimum absolute atomic E-state index is 0.852. The largest absolute Gasteiger partial charge is 0.497 e. The maximum atomic E-state index is 5.48. The first kappa shape index (κ1) is 13.8. The van der Waals surface area contributed by atoms with Crippen molar-refractivity contribution >= 4 is 22.7 Å². The lowest BCUT2D eigenvalue weighted by atomic mass is 10.1. The SMILES string of the molecule is COC1=Cc2ccc(OC)cc2SC(c2ccccc2)=C1. The second-order valence-corrected chi connectivity index (χ2v) is 5.72. The van der Waals surface area contributed by atoms with Gasteiger partial charge in [0, 0.05) is 9.80 Å². The van der Waals surface area contributed by atoms with Crippen molar-refractivity contribution < 1.29 is 9.47 Å². The molecule has 0 atom stereocenters. The van der Waals surface area contributed by atoms with Crippen LogP contribution in [0.1, 0.15) is 11.1 Å². The van der Waals surface area contributed by atoms with Crippen molar-refractivity contribution in [3.05, 3.63) is 71.5 Å². The molecular weight excluding hydrogens is 280 g/mol. The normalized spacial score (nSPS) is 13.6. The Morgan fingerprint density at radius 3 is 2.38 bits per heavy atom. The Morgan fingerprint density at radius 2 is 1.67 bits per heavy atom. The first-order valence-electron chi connectivity index (χ1n) is 6.69. The van der Waals surface area contributed by atoms with E-state index in [1.54, 1.807) is 26.0 Å². The van der Waals surface area contributed by atoms with Gasteiger partial charge in [-0.05, 0) is 35.4 Å². The number of ether oxygens (including phenoxy) is 2. The first-order chi connectivity index (χ1) is 10.3. The van der Waals surface area contributed by atoms with Gasteiger partial charge in [-0.2, -0.15) is 0 Å². The van der Waals surface area contributed by atoms with E-state index in [0.29, 0.717) is 0 Å². The summed E-state index contributed by atoms with van der Waals surface area (Å²) in [4.78, 5) is 2.33. The number of hydrogen-bond acceptors (Lipinski definition) is 3. The van der Waals surface area contributed by atoms with Crippen molar-refractivity contribution in [3.63, 3.8) is 0 Å². The number of hydrogen-bond donors (Lipinski definition) is 0. The highest BCUT2D eigenvalue weighted by molar-refractivity contribution is 8.08. The lowest BCUT2D eigenvalue weighted by Gasteiger charge is -2.09. The van der Waals surface area contributed by atoms with Gasteiger partial charge in [0.1, 0.15) is 11.5 Å². The second kappa shape index (κ2) is 6.10. The van der Waals surface area contributed by atoms with Crippen molar-refractivity contribution in [1.82, 2.24) is 0 Å². The molecule has 0 radical (unpaired) electrons. The number of methoxy groups -OCH3 is 2. The monoisotopic (exact) mass is 296 g/mol. The van der Waals surface area contributed by atoms with Crippen LogP contribution in [0.3, 0.4) is 0 Å². The second-order valence-electron chi connectivity index (χ2n) is 4.63. The molecule has 0 amide bonds. The number of rotatable bonds is 3. The lowest BCUT2D eigenvalue weighted by Crippen LogP contribution is -1.86. The average molecular weight is 296 g/mol. The molecule has 0 fully saturated rings. The molecule has 106 valence electrons. The number of thioether (sulfide) groups is 1. The topological polar surface area (TPSA) is 18.5 Å². The van der Waals surface area contributed by atoms with E-state index in [0.717, 1.165) is 26.9 Å². The highest BCUT2D eigenvalue weighted by atomic mass is 32.2. The van der Waals surface area contributed by atoms with Gasteiger partial charge in [0.15, 0.2) is 0 Å². The molecule has 1 aliphatic heterocycles. The molecule has 21 heavy (non-hydrogen) atoms. The van der Waals surface area contributed by atoms with Crippen LogP contribution >= 0.6 is 11.8 Å². The molecule has 0 spiro atoms.